The summed E-state index contributed by atoms with van der Waals surface area (Å²) in [6.07, 6.45) is 0. The first kappa shape index (κ1) is 26.6. The molecule has 0 fully saturated rings. The number of benzene rings is 5. The highest BCUT2D eigenvalue weighted by Gasteiger charge is 2.39. The molecule has 5 aromatic carbocycles. The van der Waals surface area contributed by atoms with Crippen LogP contribution >= 0.6 is 0 Å². The van der Waals surface area contributed by atoms with E-state index >= 15 is 0 Å². The first-order valence-electron chi connectivity index (χ1n) is 16.2. The average molecular weight is 580 g/mol. The molecule has 0 spiro atoms. The number of aromatic nitrogens is 1. The minimum absolute atomic E-state index is 0.0248. The van der Waals surface area contributed by atoms with Crippen LogP contribution in [0.25, 0.3) is 55.9 Å². The van der Waals surface area contributed by atoms with E-state index in [4.69, 9.17) is 4.98 Å². The molecule has 0 aliphatic heterocycles. The Hall–Kier alpha value is -4.75. The molecule has 1 aromatic heterocycles. The molecule has 1 heterocycles. The van der Waals surface area contributed by atoms with Crippen LogP contribution in [0.15, 0.2) is 115 Å². The minimum atomic E-state index is -0.118. The van der Waals surface area contributed by atoms with Crippen LogP contribution in [0, 0.1) is 0 Å². The Labute approximate surface area is 266 Å². The van der Waals surface area contributed by atoms with Gasteiger partial charge in [-0.25, -0.2) is 4.98 Å². The van der Waals surface area contributed by atoms with E-state index in [0.717, 1.165) is 11.4 Å². The maximum Gasteiger partial charge on any atom is 0.0753 e. The fourth-order valence-corrected chi connectivity index (χ4v) is 8.69. The molecule has 1 heteroatoms. The van der Waals surface area contributed by atoms with Gasteiger partial charge in [0, 0.05) is 27.4 Å². The Kier molecular flexibility index (Phi) is 5.15. The zero-order valence-electron chi connectivity index (χ0n) is 26.9. The van der Waals surface area contributed by atoms with E-state index in [1.807, 2.05) is 0 Å². The van der Waals surface area contributed by atoms with Gasteiger partial charge in [-0.2, -0.15) is 0 Å². The molecule has 0 atom stereocenters. The van der Waals surface area contributed by atoms with E-state index in [1.165, 1.54) is 77.9 Å². The summed E-state index contributed by atoms with van der Waals surface area (Å²) < 4.78 is 0. The van der Waals surface area contributed by atoms with Crippen molar-refractivity contribution >= 4 is 0 Å². The van der Waals surface area contributed by atoms with Crippen molar-refractivity contribution < 1.29 is 0 Å². The minimum Gasteiger partial charge on any atom is -0.247 e. The summed E-state index contributed by atoms with van der Waals surface area (Å²) in [4.78, 5) is 5.29. The van der Waals surface area contributed by atoms with Crippen molar-refractivity contribution in [2.45, 2.75) is 57.8 Å². The predicted molar refractivity (Wildman–Crippen MR) is 188 cm³/mol. The first-order chi connectivity index (χ1) is 21.6. The molecule has 0 bridgehead atoms. The monoisotopic (exact) mass is 579 g/mol. The van der Waals surface area contributed by atoms with E-state index in [0.29, 0.717) is 0 Å². The van der Waals surface area contributed by atoms with E-state index in [1.54, 1.807) is 0 Å². The van der Waals surface area contributed by atoms with Gasteiger partial charge in [0.25, 0.3) is 0 Å². The van der Waals surface area contributed by atoms with Crippen LogP contribution in [0.3, 0.4) is 0 Å². The Morgan fingerprint density at radius 1 is 0.356 bits per heavy atom. The van der Waals surface area contributed by atoms with Crippen molar-refractivity contribution in [3.8, 4) is 55.9 Å². The third-order valence-electron chi connectivity index (χ3n) is 11.3. The Morgan fingerprint density at radius 2 is 0.822 bits per heavy atom. The summed E-state index contributed by atoms with van der Waals surface area (Å²) in [5.74, 6) is 0. The molecular formula is C44H37N. The normalized spacial score (nSPS) is 16.8. The predicted octanol–water partition coefficient (Wildman–Crippen LogP) is 11.3. The van der Waals surface area contributed by atoms with E-state index < -0.39 is 0 Å². The van der Waals surface area contributed by atoms with E-state index in [-0.39, 0.29) is 16.2 Å². The van der Waals surface area contributed by atoms with Crippen molar-refractivity contribution in [3.63, 3.8) is 0 Å². The van der Waals surface area contributed by atoms with Crippen molar-refractivity contribution in [3.05, 3.63) is 149 Å². The van der Waals surface area contributed by atoms with Crippen LogP contribution in [0.2, 0.25) is 0 Å². The van der Waals surface area contributed by atoms with Gasteiger partial charge in [-0.05, 0) is 91.0 Å². The lowest BCUT2D eigenvalue weighted by Crippen LogP contribution is -2.15. The number of nitrogens with zero attached hydrogens (tertiary/aromatic N) is 1. The maximum atomic E-state index is 5.29. The Bertz CT molecular complexity index is 2080. The zero-order valence-corrected chi connectivity index (χ0v) is 26.9. The molecule has 9 rings (SSSR count). The van der Waals surface area contributed by atoms with Crippen molar-refractivity contribution in [1.29, 1.82) is 0 Å². The lowest BCUT2D eigenvalue weighted by Gasteiger charge is -2.23. The average Bonchev–Trinajstić information content (AvgIpc) is 3.53. The maximum absolute atomic E-state index is 5.29. The summed E-state index contributed by atoms with van der Waals surface area (Å²) in [5, 5.41) is 0. The molecule has 0 saturated carbocycles. The summed E-state index contributed by atoms with van der Waals surface area (Å²) in [5.41, 5.74) is 20.7. The molecule has 45 heavy (non-hydrogen) atoms. The van der Waals surface area contributed by atoms with Gasteiger partial charge in [-0.1, -0.05) is 133 Å². The van der Waals surface area contributed by atoms with Gasteiger partial charge in [0.05, 0.1) is 11.4 Å². The second-order valence-electron chi connectivity index (χ2n) is 14.8. The summed E-state index contributed by atoms with van der Waals surface area (Å²) in [6, 6.07) is 43.3. The van der Waals surface area contributed by atoms with Crippen LogP contribution in [-0.4, -0.2) is 4.98 Å². The van der Waals surface area contributed by atoms with Crippen molar-refractivity contribution in [2.24, 2.45) is 0 Å². The number of pyridine rings is 1. The molecule has 0 N–H and O–H groups in total. The van der Waals surface area contributed by atoms with Crippen LogP contribution in [-0.2, 0) is 16.2 Å². The molecule has 1 nitrogen and oxygen atoms in total. The van der Waals surface area contributed by atoms with Crippen LogP contribution in [0.1, 0.15) is 74.9 Å². The van der Waals surface area contributed by atoms with Crippen LogP contribution in [0.5, 0.6) is 0 Å². The highest BCUT2D eigenvalue weighted by atomic mass is 14.7. The molecular weight excluding hydrogens is 542 g/mol. The lowest BCUT2D eigenvalue weighted by molar-refractivity contribution is 0.659. The molecule has 0 radical (unpaired) electrons. The molecule has 3 aliphatic carbocycles. The topological polar surface area (TPSA) is 12.9 Å². The number of hydrogen-bond donors (Lipinski definition) is 0. The number of rotatable bonds is 2. The second kappa shape index (κ2) is 8.70. The van der Waals surface area contributed by atoms with E-state index in [2.05, 4.69) is 157 Å². The van der Waals surface area contributed by atoms with Gasteiger partial charge in [0.2, 0.25) is 0 Å². The Morgan fingerprint density at radius 3 is 1.56 bits per heavy atom. The smallest absolute Gasteiger partial charge is 0.0753 e. The van der Waals surface area contributed by atoms with Gasteiger partial charge in [0.1, 0.15) is 0 Å². The molecule has 218 valence electrons. The molecule has 0 saturated heterocycles. The number of fused-ring (bicyclic) bond motifs is 9. The third-order valence-corrected chi connectivity index (χ3v) is 11.3. The van der Waals surface area contributed by atoms with Gasteiger partial charge in [-0.3, -0.25) is 0 Å². The van der Waals surface area contributed by atoms with Gasteiger partial charge in [-0.15, -0.1) is 0 Å². The number of hydrogen-bond acceptors (Lipinski definition) is 1. The van der Waals surface area contributed by atoms with Crippen LogP contribution < -0.4 is 0 Å². The quantitative estimate of drug-likeness (QED) is 0.199. The van der Waals surface area contributed by atoms with Crippen molar-refractivity contribution in [1.82, 2.24) is 4.98 Å². The molecule has 3 aliphatic rings. The van der Waals surface area contributed by atoms with Crippen LogP contribution in [0.4, 0.5) is 0 Å². The Balaban J connectivity index is 1.11. The zero-order chi connectivity index (χ0) is 30.9. The van der Waals surface area contributed by atoms with Gasteiger partial charge >= 0.3 is 0 Å². The summed E-state index contributed by atoms with van der Waals surface area (Å²) in [6.45, 7) is 14.1. The third kappa shape index (κ3) is 3.47. The fraction of sp³-hybridized carbons (Fsp3) is 0.205. The van der Waals surface area contributed by atoms with Crippen molar-refractivity contribution in [2.75, 3.05) is 0 Å². The summed E-state index contributed by atoms with van der Waals surface area (Å²) in [7, 11) is 0. The summed E-state index contributed by atoms with van der Waals surface area (Å²) >= 11 is 0. The first-order valence-corrected chi connectivity index (χ1v) is 16.2. The SMILES string of the molecule is CC1(C)c2ccccc2-c2cc(-c3ccc4c(c3)C(C)(C)c3cc(-c5ccc6c(n5)-c5ccccc5C6(C)C)ccc3-4)ccc21. The lowest BCUT2D eigenvalue weighted by atomic mass is 9.80. The van der Waals surface area contributed by atoms with E-state index in [9.17, 15) is 0 Å². The highest BCUT2D eigenvalue weighted by molar-refractivity contribution is 5.88. The second-order valence-corrected chi connectivity index (χ2v) is 14.8. The molecule has 0 unspecified atom stereocenters. The molecule has 0 amide bonds. The van der Waals surface area contributed by atoms with Gasteiger partial charge < -0.3 is 0 Å². The highest BCUT2D eigenvalue weighted by Crippen LogP contribution is 2.53. The molecule has 6 aromatic rings. The largest absolute Gasteiger partial charge is 0.247 e. The van der Waals surface area contributed by atoms with Gasteiger partial charge in [0.15, 0.2) is 0 Å². The standard InChI is InChI=1S/C44H37N/c1-42(2)34-13-9-7-11-29(34)33-23-26(17-20-36(33)42)27-15-18-30-31-19-16-28(25-39(31)44(5,6)38(30)24-27)40-22-21-37-41(45-40)32-12-8-10-14-35(32)43(37,3)4/h7-25H,1-6H3. The fourth-order valence-electron chi connectivity index (χ4n) is 8.69.